The number of carbonyl (C=O) groups excluding carboxylic acids is 1. The van der Waals surface area contributed by atoms with E-state index in [0.717, 1.165) is 18.6 Å². The summed E-state index contributed by atoms with van der Waals surface area (Å²) in [5.41, 5.74) is 0. The SMILES string of the molecule is CCCc1noc(CCC(=O)NCc2ccco2)n1. The molecule has 0 aromatic carbocycles. The number of hydrogen-bond donors (Lipinski definition) is 1. The van der Waals surface area contributed by atoms with Crippen molar-refractivity contribution in [3.8, 4) is 0 Å². The number of nitrogens with one attached hydrogen (secondary N) is 1. The van der Waals surface area contributed by atoms with Crippen LogP contribution < -0.4 is 5.32 Å². The van der Waals surface area contributed by atoms with Gasteiger partial charge in [-0.3, -0.25) is 4.79 Å². The van der Waals surface area contributed by atoms with Crippen LogP contribution in [0.1, 0.15) is 37.2 Å². The summed E-state index contributed by atoms with van der Waals surface area (Å²) in [7, 11) is 0. The fraction of sp³-hybridized carbons (Fsp3) is 0.462. The standard InChI is InChI=1S/C13H17N3O3/c1-2-4-11-15-13(19-16-11)7-6-12(17)14-9-10-5-3-8-18-10/h3,5,8H,2,4,6-7,9H2,1H3,(H,14,17). The van der Waals surface area contributed by atoms with Crippen molar-refractivity contribution in [2.45, 2.75) is 39.2 Å². The molecule has 0 atom stereocenters. The largest absolute Gasteiger partial charge is 0.467 e. The summed E-state index contributed by atoms with van der Waals surface area (Å²) in [6.07, 6.45) is 4.14. The van der Waals surface area contributed by atoms with Crippen molar-refractivity contribution in [3.05, 3.63) is 35.9 Å². The molecule has 0 radical (unpaired) electrons. The first-order chi connectivity index (χ1) is 9.28. The predicted octanol–water partition coefficient (Wildman–Crippen LogP) is 1.86. The Kier molecular flexibility index (Phi) is 4.72. The van der Waals surface area contributed by atoms with Crippen LogP contribution in [0, 0.1) is 0 Å². The van der Waals surface area contributed by atoms with Crippen molar-refractivity contribution in [2.24, 2.45) is 0 Å². The molecule has 0 aliphatic carbocycles. The van der Waals surface area contributed by atoms with Gasteiger partial charge in [0.15, 0.2) is 5.82 Å². The number of furan rings is 1. The Morgan fingerprint density at radius 2 is 2.32 bits per heavy atom. The number of aryl methyl sites for hydroxylation is 2. The van der Waals surface area contributed by atoms with E-state index in [2.05, 4.69) is 22.4 Å². The maximum atomic E-state index is 11.6. The second-order valence-corrected chi connectivity index (χ2v) is 4.21. The highest BCUT2D eigenvalue weighted by Crippen LogP contribution is 2.03. The molecule has 0 saturated heterocycles. The molecule has 1 amide bonds. The van der Waals surface area contributed by atoms with Crippen molar-refractivity contribution >= 4 is 5.91 Å². The molecular weight excluding hydrogens is 246 g/mol. The summed E-state index contributed by atoms with van der Waals surface area (Å²) < 4.78 is 10.2. The molecule has 2 rings (SSSR count). The predicted molar refractivity (Wildman–Crippen MR) is 67.2 cm³/mol. The van der Waals surface area contributed by atoms with Crippen LogP contribution in [0.4, 0.5) is 0 Å². The first-order valence-electron chi connectivity index (χ1n) is 6.38. The Bertz CT molecular complexity index is 505. The van der Waals surface area contributed by atoms with Crippen LogP contribution in [0.3, 0.4) is 0 Å². The highest BCUT2D eigenvalue weighted by atomic mass is 16.5. The lowest BCUT2D eigenvalue weighted by atomic mass is 10.3. The molecule has 0 aliphatic heterocycles. The van der Waals surface area contributed by atoms with E-state index in [4.69, 9.17) is 8.94 Å². The summed E-state index contributed by atoms with van der Waals surface area (Å²) in [5, 5.41) is 6.60. The molecule has 19 heavy (non-hydrogen) atoms. The highest BCUT2D eigenvalue weighted by molar-refractivity contribution is 5.75. The number of rotatable bonds is 7. The minimum atomic E-state index is -0.0633. The van der Waals surface area contributed by atoms with Crippen molar-refractivity contribution in [1.29, 1.82) is 0 Å². The molecule has 6 heteroatoms. The van der Waals surface area contributed by atoms with Crippen molar-refractivity contribution < 1.29 is 13.7 Å². The zero-order chi connectivity index (χ0) is 13.5. The van der Waals surface area contributed by atoms with Crippen LogP contribution in [0.25, 0.3) is 0 Å². The maximum Gasteiger partial charge on any atom is 0.227 e. The van der Waals surface area contributed by atoms with Crippen LogP contribution in [-0.2, 0) is 24.2 Å². The lowest BCUT2D eigenvalue weighted by Gasteiger charge is -2.01. The Balaban J connectivity index is 1.70. The van der Waals surface area contributed by atoms with E-state index >= 15 is 0 Å². The van der Waals surface area contributed by atoms with Gasteiger partial charge in [-0.05, 0) is 18.6 Å². The third kappa shape index (κ3) is 4.24. The number of hydrogen-bond acceptors (Lipinski definition) is 5. The van der Waals surface area contributed by atoms with Crippen LogP contribution in [-0.4, -0.2) is 16.0 Å². The van der Waals surface area contributed by atoms with Crippen molar-refractivity contribution in [3.63, 3.8) is 0 Å². The number of carbonyl (C=O) groups is 1. The smallest absolute Gasteiger partial charge is 0.227 e. The molecule has 0 aliphatic rings. The van der Waals surface area contributed by atoms with Gasteiger partial charge in [-0.25, -0.2) is 0 Å². The zero-order valence-electron chi connectivity index (χ0n) is 10.9. The van der Waals surface area contributed by atoms with E-state index in [1.807, 2.05) is 6.07 Å². The second kappa shape index (κ2) is 6.72. The lowest BCUT2D eigenvalue weighted by Crippen LogP contribution is -2.22. The van der Waals surface area contributed by atoms with Gasteiger partial charge >= 0.3 is 0 Å². The van der Waals surface area contributed by atoms with Gasteiger partial charge in [0.1, 0.15) is 5.76 Å². The van der Waals surface area contributed by atoms with Crippen LogP contribution in [0.15, 0.2) is 27.3 Å². The first-order valence-corrected chi connectivity index (χ1v) is 6.38. The van der Waals surface area contributed by atoms with Gasteiger partial charge < -0.3 is 14.3 Å². The molecule has 2 heterocycles. The van der Waals surface area contributed by atoms with Crippen LogP contribution in [0.5, 0.6) is 0 Å². The fourth-order valence-corrected chi connectivity index (χ4v) is 1.62. The van der Waals surface area contributed by atoms with E-state index in [1.54, 1.807) is 12.3 Å². The Hall–Kier alpha value is -2.11. The molecule has 0 fully saturated rings. The van der Waals surface area contributed by atoms with Gasteiger partial charge in [-0.15, -0.1) is 0 Å². The van der Waals surface area contributed by atoms with Crippen LogP contribution in [0.2, 0.25) is 0 Å². The average molecular weight is 263 g/mol. The summed E-state index contributed by atoms with van der Waals surface area (Å²) in [4.78, 5) is 15.8. The monoisotopic (exact) mass is 263 g/mol. The lowest BCUT2D eigenvalue weighted by molar-refractivity contribution is -0.121. The molecule has 2 aromatic rings. The summed E-state index contributed by atoms with van der Waals surface area (Å²) in [6, 6.07) is 3.60. The molecule has 6 nitrogen and oxygen atoms in total. The number of amides is 1. The maximum absolute atomic E-state index is 11.6. The number of aromatic nitrogens is 2. The zero-order valence-corrected chi connectivity index (χ0v) is 10.9. The van der Waals surface area contributed by atoms with Gasteiger partial charge in [-0.2, -0.15) is 4.98 Å². The van der Waals surface area contributed by atoms with E-state index in [0.29, 0.717) is 31.1 Å². The van der Waals surface area contributed by atoms with Crippen molar-refractivity contribution in [1.82, 2.24) is 15.5 Å². The average Bonchev–Trinajstić information content (AvgIpc) is 3.05. The molecular formula is C13H17N3O3. The number of nitrogens with zero attached hydrogens (tertiary/aromatic N) is 2. The molecule has 0 saturated carbocycles. The third-order valence-electron chi connectivity index (χ3n) is 2.59. The fourth-order valence-electron chi connectivity index (χ4n) is 1.62. The summed E-state index contributed by atoms with van der Waals surface area (Å²) >= 11 is 0. The Labute approximate surface area is 111 Å². The van der Waals surface area contributed by atoms with E-state index in [9.17, 15) is 4.79 Å². The van der Waals surface area contributed by atoms with Gasteiger partial charge in [0.25, 0.3) is 0 Å². The van der Waals surface area contributed by atoms with E-state index in [-0.39, 0.29) is 5.91 Å². The van der Waals surface area contributed by atoms with Gasteiger partial charge in [-0.1, -0.05) is 12.1 Å². The second-order valence-electron chi connectivity index (χ2n) is 4.21. The van der Waals surface area contributed by atoms with Gasteiger partial charge in [0.05, 0.1) is 12.8 Å². The molecule has 1 N–H and O–H groups in total. The van der Waals surface area contributed by atoms with Gasteiger partial charge in [0, 0.05) is 19.3 Å². The molecule has 0 unspecified atom stereocenters. The Morgan fingerprint density at radius 3 is 3.05 bits per heavy atom. The normalized spacial score (nSPS) is 10.6. The van der Waals surface area contributed by atoms with Crippen LogP contribution >= 0.6 is 0 Å². The third-order valence-corrected chi connectivity index (χ3v) is 2.59. The van der Waals surface area contributed by atoms with E-state index < -0.39 is 0 Å². The Morgan fingerprint density at radius 1 is 1.42 bits per heavy atom. The molecule has 102 valence electrons. The molecule has 2 aromatic heterocycles. The van der Waals surface area contributed by atoms with E-state index in [1.165, 1.54) is 0 Å². The summed E-state index contributed by atoms with van der Waals surface area (Å²) in [6.45, 7) is 2.45. The topological polar surface area (TPSA) is 81.2 Å². The molecule has 0 spiro atoms. The quantitative estimate of drug-likeness (QED) is 0.824. The minimum Gasteiger partial charge on any atom is -0.467 e. The van der Waals surface area contributed by atoms with Gasteiger partial charge in [0.2, 0.25) is 11.8 Å². The van der Waals surface area contributed by atoms with Crippen molar-refractivity contribution in [2.75, 3.05) is 0 Å². The highest BCUT2D eigenvalue weighted by Gasteiger charge is 2.09. The minimum absolute atomic E-state index is 0.0633. The molecule has 0 bridgehead atoms. The first kappa shape index (κ1) is 13.3. The summed E-state index contributed by atoms with van der Waals surface area (Å²) in [5.74, 6) is 1.88.